The fraction of sp³-hybridized carbons (Fsp3) is 0.100. The highest BCUT2D eigenvalue weighted by Gasteiger charge is 2.00. The lowest BCUT2D eigenvalue weighted by atomic mass is 10.1. The van der Waals surface area contributed by atoms with E-state index in [0.29, 0.717) is 0 Å². The fourth-order valence-electron chi connectivity index (χ4n) is 1.16. The van der Waals surface area contributed by atoms with Crippen molar-refractivity contribution in [2.75, 3.05) is 7.11 Å². The zero-order valence-electron chi connectivity index (χ0n) is 7.24. The van der Waals surface area contributed by atoms with Crippen LogP contribution >= 0.6 is 0 Å². The summed E-state index contributed by atoms with van der Waals surface area (Å²) in [6.45, 7) is 0. The second kappa shape index (κ2) is 3.31. The topological polar surface area (TPSA) is 37.9 Å². The van der Waals surface area contributed by atoms with Gasteiger partial charge in [-0.3, -0.25) is 0 Å². The molecule has 0 saturated carbocycles. The Hall–Kier alpha value is -1.77. The van der Waals surface area contributed by atoms with E-state index in [4.69, 9.17) is 4.74 Å². The second-order valence-corrected chi connectivity index (χ2v) is 2.63. The maximum atomic E-state index is 5.10. The molecule has 1 N–H and O–H groups in total. The summed E-state index contributed by atoms with van der Waals surface area (Å²) in [5, 5.41) is 0. The van der Waals surface area contributed by atoms with Crippen molar-refractivity contribution in [1.82, 2.24) is 9.97 Å². The normalized spacial score (nSPS) is 9.92. The van der Waals surface area contributed by atoms with Crippen LogP contribution in [-0.2, 0) is 0 Å². The van der Waals surface area contributed by atoms with Gasteiger partial charge in [0.2, 0.25) is 0 Å². The Labute approximate surface area is 76.4 Å². The Morgan fingerprint density at radius 3 is 3.08 bits per heavy atom. The van der Waals surface area contributed by atoms with Gasteiger partial charge in [-0.1, -0.05) is 12.1 Å². The van der Waals surface area contributed by atoms with E-state index < -0.39 is 0 Å². The van der Waals surface area contributed by atoms with Crippen molar-refractivity contribution in [3.8, 4) is 17.0 Å². The van der Waals surface area contributed by atoms with Crippen molar-refractivity contribution in [3.63, 3.8) is 0 Å². The van der Waals surface area contributed by atoms with E-state index in [9.17, 15) is 0 Å². The number of benzene rings is 1. The SMILES string of the molecule is COc1cccc(-c2c[nH][c]n2)c1. The second-order valence-electron chi connectivity index (χ2n) is 2.63. The third-order valence-corrected chi connectivity index (χ3v) is 1.82. The molecule has 1 aromatic heterocycles. The van der Waals surface area contributed by atoms with Crippen LogP contribution < -0.4 is 4.74 Å². The molecule has 1 heterocycles. The van der Waals surface area contributed by atoms with E-state index in [-0.39, 0.29) is 0 Å². The third kappa shape index (κ3) is 1.54. The van der Waals surface area contributed by atoms with Crippen molar-refractivity contribution in [1.29, 1.82) is 0 Å². The molecule has 1 radical (unpaired) electrons. The summed E-state index contributed by atoms with van der Waals surface area (Å²) >= 11 is 0. The number of hydrogen-bond donors (Lipinski definition) is 1. The third-order valence-electron chi connectivity index (χ3n) is 1.82. The van der Waals surface area contributed by atoms with Gasteiger partial charge in [0.05, 0.1) is 12.8 Å². The summed E-state index contributed by atoms with van der Waals surface area (Å²) in [6, 6.07) is 7.75. The van der Waals surface area contributed by atoms with E-state index in [1.807, 2.05) is 24.3 Å². The highest BCUT2D eigenvalue weighted by atomic mass is 16.5. The number of aromatic amines is 1. The molecule has 0 amide bonds. The molecule has 0 aliphatic carbocycles. The highest BCUT2D eigenvalue weighted by Crippen LogP contribution is 2.20. The predicted octanol–water partition coefficient (Wildman–Crippen LogP) is 1.89. The largest absolute Gasteiger partial charge is 0.497 e. The van der Waals surface area contributed by atoms with Crippen LogP contribution in [0.5, 0.6) is 5.75 Å². The Morgan fingerprint density at radius 1 is 1.46 bits per heavy atom. The number of imidazole rings is 1. The highest BCUT2D eigenvalue weighted by molar-refractivity contribution is 5.59. The van der Waals surface area contributed by atoms with Gasteiger partial charge in [-0.2, -0.15) is 0 Å². The van der Waals surface area contributed by atoms with Gasteiger partial charge in [-0.15, -0.1) is 0 Å². The monoisotopic (exact) mass is 173 g/mol. The number of methoxy groups -OCH3 is 1. The molecule has 0 unspecified atom stereocenters. The molecule has 2 aromatic rings. The van der Waals surface area contributed by atoms with Gasteiger partial charge in [-0.25, -0.2) is 4.98 Å². The molecule has 3 nitrogen and oxygen atoms in total. The van der Waals surface area contributed by atoms with E-state index in [1.165, 1.54) is 0 Å². The summed E-state index contributed by atoms with van der Waals surface area (Å²) in [6.07, 6.45) is 4.45. The number of H-pyrrole nitrogens is 1. The minimum absolute atomic E-state index is 0.834. The van der Waals surface area contributed by atoms with Gasteiger partial charge < -0.3 is 9.72 Å². The predicted molar refractivity (Wildman–Crippen MR) is 49.4 cm³/mol. The number of ether oxygens (including phenoxy) is 1. The molecule has 0 aliphatic heterocycles. The Balaban J connectivity index is 2.41. The average molecular weight is 173 g/mol. The van der Waals surface area contributed by atoms with Crippen molar-refractivity contribution in [3.05, 3.63) is 36.8 Å². The maximum Gasteiger partial charge on any atom is 0.174 e. The zero-order valence-corrected chi connectivity index (χ0v) is 7.24. The molecule has 0 atom stereocenters. The molecule has 0 fully saturated rings. The van der Waals surface area contributed by atoms with Gasteiger partial charge in [0, 0.05) is 11.8 Å². The summed E-state index contributed by atoms with van der Waals surface area (Å²) in [4.78, 5) is 6.81. The number of nitrogens with one attached hydrogen (secondary N) is 1. The van der Waals surface area contributed by atoms with Crippen LogP contribution in [-0.4, -0.2) is 17.1 Å². The first-order valence-corrected chi connectivity index (χ1v) is 3.96. The molecule has 2 rings (SSSR count). The standard InChI is InChI=1S/C10H9N2O/c1-13-9-4-2-3-8(5-9)10-6-11-7-12-10/h2-6H,1H3,(H,11,12). The number of nitrogens with zero attached hydrogens (tertiary/aromatic N) is 1. The lowest BCUT2D eigenvalue weighted by Crippen LogP contribution is -1.83. The molecule has 0 aliphatic rings. The van der Waals surface area contributed by atoms with Gasteiger partial charge in [0.1, 0.15) is 5.75 Å². The molecule has 13 heavy (non-hydrogen) atoms. The van der Waals surface area contributed by atoms with Crippen LogP contribution in [0.1, 0.15) is 0 Å². The summed E-state index contributed by atoms with van der Waals surface area (Å²) < 4.78 is 5.10. The van der Waals surface area contributed by atoms with Crippen molar-refractivity contribution in [2.45, 2.75) is 0 Å². The minimum atomic E-state index is 0.834. The number of hydrogen-bond acceptors (Lipinski definition) is 2. The molecule has 0 bridgehead atoms. The summed E-state index contributed by atoms with van der Waals surface area (Å²) in [7, 11) is 1.65. The van der Waals surface area contributed by atoms with Crippen LogP contribution in [0, 0.1) is 6.33 Å². The lowest BCUT2D eigenvalue weighted by molar-refractivity contribution is 0.415. The van der Waals surface area contributed by atoms with E-state index in [1.54, 1.807) is 13.3 Å². The van der Waals surface area contributed by atoms with Gasteiger partial charge >= 0.3 is 0 Å². The summed E-state index contributed by atoms with van der Waals surface area (Å²) in [5.74, 6) is 0.834. The van der Waals surface area contributed by atoms with Crippen molar-refractivity contribution < 1.29 is 4.74 Å². The van der Waals surface area contributed by atoms with E-state index >= 15 is 0 Å². The molecular weight excluding hydrogens is 164 g/mol. The summed E-state index contributed by atoms with van der Waals surface area (Å²) in [5.41, 5.74) is 1.90. The molecular formula is C10H9N2O. The Kier molecular flexibility index (Phi) is 2.00. The van der Waals surface area contributed by atoms with E-state index in [2.05, 4.69) is 16.3 Å². The molecule has 0 saturated heterocycles. The number of rotatable bonds is 2. The Bertz CT molecular complexity index is 382. The average Bonchev–Trinajstić information content (AvgIpc) is 2.71. The molecule has 0 spiro atoms. The first-order chi connectivity index (χ1) is 6.40. The van der Waals surface area contributed by atoms with Crippen molar-refractivity contribution in [2.24, 2.45) is 0 Å². The number of aromatic nitrogens is 2. The van der Waals surface area contributed by atoms with Gasteiger partial charge in [0.25, 0.3) is 0 Å². The van der Waals surface area contributed by atoms with Crippen LogP contribution in [0.2, 0.25) is 0 Å². The minimum Gasteiger partial charge on any atom is -0.497 e. The fourth-order valence-corrected chi connectivity index (χ4v) is 1.16. The smallest absolute Gasteiger partial charge is 0.174 e. The Morgan fingerprint density at radius 2 is 2.38 bits per heavy atom. The molecule has 65 valence electrons. The molecule has 1 aromatic carbocycles. The first kappa shape index (κ1) is 7.86. The van der Waals surface area contributed by atoms with Crippen molar-refractivity contribution >= 4 is 0 Å². The maximum absolute atomic E-state index is 5.10. The van der Waals surface area contributed by atoms with E-state index in [0.717, 1.165) is 17.0 Å². The van der Waals surface area contributed by atoms with Gasteiger partial charge in [0.15, 0.2) is 6.33 Å². The van der Waals surface area contributed by atoms with Gasteiger partial charge in [-0.05, 0) is 12.1 Å². The van der Waals surface area contributed by atoms with Crippen LogP contribution in [0.25, 0.3) is 11.3 Å². The zero-order chi connectivity index (χ0) is 9.10. The first-order valence-electron chi connectivity index (χ1n) is 3.96. The van der Waals surface area contributed by atoms with Crippen LogP contribution in [0.4, 0.5) is 0 Å². The van der Waals surface area contributed by atoms with Crippen LogP contribution in [0.15, 0.2) is 30.5 Å². The quantitative estimate of drug-likeness (QED) is 0.753. The molecule has 3 heteroatoms. The lowest BCUT2D eigenvalue weighted by Gasteiger charge is -2.00. The van der Waals surface area contributed by atoms with Crippen LogP contribution in [0.3, 0.4) is 0 Å².